The molecule has 8 heteroatoms. The van der Waals surface area contributed by atoms with Crippen molar-refractivity contribution >= 4 is 51.8 Å². The number of imide groups is 1. The number of ether oxygens (including phenoxy) is 1. The number of rotatable bonds is 7. The van der Waals surface area contributed by atoms with Crippen molar-refractivity contribution in [3.8, 4) is 22.4 Å². The number of hydrogen-bond acceptors (Lipinski definition) is 6. The molecule has 7 nitrogen and oxygen atoms in total. The summed E-state index contributed by atoms with van der Waals surface area (Å²) in [5.41, 5.74) is 5.35. The summed E-state index contributed by atoms with van der Waals surface area (Å²) in [6.07, 6.45) is 0. The van der Waals surface area contributed by atoms with Gasteiger partial charge in [-0.25, -0.2) is 14.7 Å². The van der Waals surface area contributed by atoms with Crippen molar-refractivity contribution in [2.75, 3.05) is 11.5 Å². The average molecular weight is 623 g/mol. The van der Waals surface area contributed by atoms with Gasteiger partial charge in [0.05, 0.1) is 33.6 Å². The fourth-order valence-corrected chi connectivity index (χ4v) is 5.66. The number of halogens is 1. The number of pyridine rings is 1. The molecule has 1 aliphatic rings. The van der Waals surface area contributed by atoms with Gasteiger partial charge in [0, 0.05) is 21.5 Å². The van der Waals surface area contributed by atoms with E-state index in [1.165, 1.54) is 0 Å². The molecule has 5 aromatic carbocycles. The van der Waals surface area contributed by atoms with Crippen molar-refractivity contribution in [3.63, 3.8) is 0 Å². The molecular weight excluding hydrogens is 600 g/mol. The molecule has 0 saturated heterocycles. The lowest BCUT2D eigenvalue weighted by Crippen LogP contribution is -2.29. The Morgan fingerprint density at radius 2 is 1.28 bits per heavy atom. The van der Waals surface area contributed by atoms with Gasteiger partial charge in [-0.2, -0.15) is 0 Å². The fourth-order valence-electron chi connectivity index (χ4n) is 5.49. The number of amides is 2. The lowest BCUT2D eigenvalue weighted by atomic mass is 10.0. The standard InChI is InChI=1S/C38H23ClN2O5/c39-27-16-19-33-31(20-27)32(38(45)46-22-35(42)26-12-10-24(11-13-26)23-6-2-1-3-7-23)21-34(40-33)25-14-17-28(18-15-25)41-36(43)29-8-4-5-9-30(29)37(41)44/h1-21H,22H2. The van der Waals surface area contributed by atoms with Crippen LogP contribution in [0.1, 0.15) is 41.4 Å². The number of hydrogen-bond donors (Lipinski definition) is 0. The largest absolute Gasteiger partial charge is 0.454 e. The summed E-state index contributed by atoms with van der Waals surface area (Å²) < 4.78 is 5.50. The van der Waals surface area contributed by atoms with Crippen LogP contribution in [0.5, 0.6) is 0 Å². The van der Waals surface area contributed by atoms with Crippen LogP contribution >= 0.6 is 11.6 Å². The lowest BCUT2D eigenvalue weighted by molar-refractivity contribution is 0.0476. The van der Waals surface area contributed by atoms with E-state index in [0.29, 0.717) is 49.6 Å². The Morgan fingerprint density at radius 3 is 1.96 bits per heavy atom. The normalized spacial score (nSPS) is 12.3. The molecule has 0 saturated carbocycles. The zero-order chi connectivity index (χ0) is 31.8. The van der Waals surface area contributed by atoms with E-state index < -0.39 is 12.6 Å². The van der Waals surface area contributed by atoms with Crippen LogP contribution in [-0.2, 0) is 4.74 Å². The number of esters is 1. The van der Waals surface area contributed by atoms with Gasteiger partial charge < -0.3 is 4.74 Å². The molecular formula is C38H23ClN2O5. The number of nitrogens with zero attached hydrogens (tertiary/aromatic N) is 2. The highest BCUT2D eigenvalue weighted by Crippen LogP contribution is 2.32. The first kappa shape index (κ1) is 28.8. The second-order valence-electron chi connectivity index (χ2n) is 10.7. The molecule has 0 fully saturated rings. The summed E-state index contributed by atoms with van der Waals surface area (Å²) in [4.78, 5) is 58.1. The van der Waals surface area contributed by atoms with E-state index in [1.54, 1.807) is 84.9 Å². The number of ketones is 1. The SMILES string of the molecule is O=C(COC(=O)c1cc(-c2ccc(N3C(=O)c4ccccc4C3=O)cc2)nc2ccc(Cl)cc12)c1ccc(-c2ccccc2)cc1. The molecule has 0 N–H and O–H groups in total. The van der Waals surface area contributed by atoms with Crippen molar-refractivity contribution in [1.82, 2.24) is 4.98 Å². The number of anilines is 1. The fraction of sp³-hybridized carbons (Fsp3) is 0.0263. The summed E-state index contributed by atoms with van der Waals surface area (Å²) in [5, 5.41) is 0.888. The minimum absolute atomic E-state index is 0.194. The molecule has 7 rings (SSSR count). The predicted octanol–water partition coefficient (Wildman–Crippen LogP) is 8.06. The zero-order valence-electron chi connectivity index (χ0n) is 24.1. The van der Waals surface area contributed by atoms with Gasteiger partial charge in [-0.05, 0) is 59.7 Å². The summed E-state index contributed by atoms with van der Waals surface area (Å²) in [6.45, 7) is -0.446. The Morgan fingerprint density at radius 1 is 0.674 bits per heavy atom. The lowest BCUT2D eigenvalue weighted by Gasteiger charge is -2.15. The predicted molar refractivity (Wildman–Crippen MR) is 176 cm³/mol. The highest BCUT2D eigenvalue weighted by Gasteiger charge is 2.36. The topological polar surface area (TPSA) is 93.6 Å². The second kappa shape index (κ2) is 11.9. The van der Waals surface area contributed by atoms with E-state index in [2.05, 4.69) is 0 Å². The van der Waals surface area contributed by atoms with E-state index in [9.17, 15) is 19.2 Å². The Labute approximate surface area is 268 Å². The first-order valence-electron chi connectivity index (χ1n) is 14.4. The minimum Gasteiger partial charge on any atom is -0.454 e. The number of carbonyl (C=O) groups excluding carboxylic acids is 4. The molecule has 0 aliphatic carbocycles. The van der Waals surface area contributed by atoms with Crippen LogP contribution < -0.4 is 4.90 Å². The van der Waals surface area contributed by atoms with Crippen molar-refractivity contribution in [2.24, 2.45) is 0 Å². The van der Waals surface area contributed by atoms with E-state index in [1.807, 2.05) is 42.5 Å². The third kappa shape index (κ3) is 5.33. The van der Waals surface area contributed by atoms with Crippen LogP contribution in [0.4, 0.5) is 5.69 Å². The molecule has 2 heterocycles. The van der Waals surface area contributed by atoms with Gasteiger partial charge in [0.1, 0.15) is 0 Å². The van der Waals surface area contributed by atoms with Gasteiger partial charge in [0.25, 0.3) is 11.8 Å². The Balaban J connectivity index is 1.13. The molecule has 1 aliphatic heterocycles. The minimum atomic E-state index is -0.701. The van der Waals surface area contributed by atoms with Crippen LogP contribution in [0.25, 0.3) is 33.3 Å². The molecule has 222 valence electrons. The summed E-state index contributed by atoms with van der Waals surface area (Å²) in [7, 11) is 0. The first-order valence-corrected chi connectivity index (χ1v) is 14.8. The average Bonchev–Trinajstić information content (AvgIpc) is 3.36. The maximum Gasteiger partial charge on any atom is 0.339 e. The van der Waals surface area contributed by atoms with Crippen molar-refractivity contribution in [3.05, 3.63) is 155 Å². The quantitative estimate of drug-likeness (QED) is 0.102. The van der Waals surface area contributed by atoms with Gasteiger partial charge in [-0.3, -0.25) is 14.4 Å². The summed E-state index contributed by atoms with van der Waals surface area (Å²) in [6, 6.07) is 37.0. The molecule has 46 heavy (non-hydrogen) atoms. The molecule has 1 aromatic heterocycles. The maximum absolute atomic E-state index is 13.4. The second-order valence-corrected chi connectivity index (χ2v) is 11.1. The summed E-state index contributed by atoms with van der Waals surface area (Å²) in [5.74, 6) is -1.82. The molecule has 0 radical (unpaired) electrons. The number of benzene rings is 5. The summed E-state index contributed by atoms with van der Waals surface area (Å²) >= 11 is 6.26. The molecule has 0 bridgehead atoms. The van der Waals surface area contributed by atoms with Crippen molar-refractivity contribution < 1.29 is 23.9 Å². The van der Waals surface area contributed by atoms with E-state index >= 15 is 0 Å². The van der Waals surface area contributed by atoms with Crippen LogP contribution in [-0.4, -0.2) is 35.2 Å². The third-order valence-corrected chi connectivity index (χ3v) is 8.09. The van der Waals surface area contributed by atoms with Crippen LogP contribution in [0.3, 0.4) is 0 Å². The Bertz CT molecular complexity index is 2140. The van der Waals surface area contributed by atoms with Crippen molar-refractivity contribution in [2.45, 2.75) is 0 Å². The van der Waals surface area contributed by atoms with Gasteiger partial charge >= 0.3 is 5.97 Å². The third-order valence-electron chi connectivity index (χ3n) is 7.85. The number of Topliss-reactive ketones (excluding diaryl/α,β-unsaturated/α-hetero) is 1. The van der Waals surface area contributed by atoms with Gasteiger partial charge in [-0.15, -0.1) is 0 Å². The van der Waals surface area contributed by atoms with Gasteiger partial charge in [0.2, 0.25) is 0 Å². The highest BCUT2D eigenvalue weighted by molar-refractivity contribution is 6.34. The monoisotopic (exact) mass is 622 g/mol. The van der Waals surface area contributed by atoms with Crippen molar-refractivity contribution in [1.29, 1.82) is 0 Å². The number of carbonyl (C=O) groups is 4. The highest BCUT2D eigenvalue weighted by atomic mass is 35.5. The zero-order valence-corrected chi connectivity index (χ0v) is 24.9. The Kier molecular flexibility index (Phi) is 7.44. The van der Waals surface area contributed by atoms with Gasteiger partial charge in [0.15, 0.2) is 12.4 Å². The maximum atomic E-state index is 13.4. The smallest absolute Gasteiger partial charge is 0.339 e. The molecule has 2 amide bonds. The van der Waals surface area contributed by atoms with Gasteiger partial charge in [-0.1, -0.05) is 90.5 Å². The van der Waals surface area contributed by atoms with Crippen LogP contribution in [0.2, 0.25) is 5.02 Å². The van der Waals surface area contributed by atoms with E-state index in [4.69, 9.17) is 21.3 Å². The van der Waals surface area contributed by atoms with Crippen LogP contribution in [0.15, 0.2) is 127 Å². The first-order chi connectivity index (χ1) is 22.4. The van der Waals surface area contributed by atoms with E-state index in [-0.39, 0.29) is 23.2 Å². The molecule has 0 unspecified atom stereocenters. The van der Waals surface area contributed by atoms with E-state index in [0.717, 1.165) is 16.0 Å². The van der Waals surface area contributed by atoms with Crippen LogP contribution in [0, 0.1) is 0 Å². The molecule has 0 spiro atoms. The molecule has 0 atom stereocenters. The Hall–Kier alpha value is -5.92. The molecule has 6 aromatic rings. The number of aromatic nitrogens is 1. The number of fused-ring (bicyclic) bond motifs is 2.